The third-order valence-corrected chi connectivity index (χ3v) is 3.57. The van der Waals surface area contributed by atoms with Crippen molar-refractivity contribution in [1.82, 2.24) is 0 Å². The molecule has 25 heavy (non-hydrogen) atoms. The van der Waals surface area contributed by atoms with Gasteiger partial charge in [-0.1, -0.05) is 0 Å². The van der Waals surface area contributed by atoms with E-state index < -0.39 is 0 Å². The molecule has 0 aliphatic carbocycles. The van der Waals surface area contributed by atoms with E-state index in [4.69, 9.17) is 18.9 Å². The Kier molecular flexibility index (Phi) is 6.00. The van der Waals surface area contributed by atoms with Gasteiger partial charge in [0.25, 0.3) is 0 Å². The first-order chi connectivity index (χ1) is 12.0. The number of ketones is 2. The van der Waals surface area contributed by atoms with Crippen LogP contribution < -0.4 is 18.9 Å². The van der Waals surface area contributed by atoms with E-state index in [-0.39, 0.29) is 18.4 Å². The molecule has 0 N–H and O–H groups in total. The molecule has 0 unspecified atom stereocenters. The number of benzene rings is 2. The Bertz CT molecular complexity index is 716. The molecule has 0 radical (unpaired) electrons. The molecule has 0 aromatic heterocycles. The van der Waals surface area contributed by atoms with Crippen LogP contribution in [0, 0.1) is 0 Å². The van der Waals surface area contributed by atoms with Gasteiger partial charge in [-0.3, -0.25) is 9.59 Å². The lowest BCUT2D eigenvalue weighted by Crippen LogP contribution is -2.08. The van der Waals surface area contributed by atoms with Crippen LogP contribution in [0.3, 0.4) is 0 Å². The van der Waals surface area contributed by atoms with Gasteiger partial charge in [-0.15, -0.1) is 0 Å². The second-order valence-electron chi connectivity index (χ2n) is 5.25. The predicted octanol–water partition coefficient (Wildman–Crippen LogP) is 3.52. The molecule has 0 bridgehead atoms. The second-order valence-corrected chi connectivity index (χ2v) is 5.25. The van der Waals surface area contributed by atoms with E-state index in [2.05, 4.69) is 0 Å². The fourth-order valence-corrected chi connectivity index (χ4v) is 2.17. The van der Waals surface area contributed by atoms with Crippen molar-refractivity contribution in [3.8, 4) is 23.0 Å². The zero-order chi connectivity index (χ0) is 18.4. The quantitative estimate of drug-likeness (QED) is 0.539. The predicted molar refractivity (Wildman–Crippen MR) is 92.1 cm³/mol. The van der Waals surface area contributed by atoms with Crippen molar-refractivity contribution in [2.45, 2.75) is 13.8 Å². The fraction of sp³-hybridized carbons (Fsp3) is 0.263. The summed E-state index contributed by atoms with van der Waals surface area (Å²) in [6.07, 6.45) is 0. The Morgan fingerprint density at radius 1 is 0.720 bits per heavy atom. The molecule has 0 saturated carbocycles. The van der Waals surface area contributed by atoms with Crippen LogP contribution in [-0.2, 0) is 0 Å². The van der Waals surface area contributed by atoms with Crippen molar-refractivity contribution in [2.75, 3.05) is 21.0 Å². The summed E-state index contributed by atoms with van der Waals surface area (Å²) in [6, 6.07) is 9.83. The average molecular weight is 344 g/mol. The molecular weight excluding hydrogens is 324 g/mol. The average Bonchev–Trinajstić information content (AvgIpc) is 2.61. The Labute approximate surface area is 146 Å². The van der Waals surface area contributed by atoms with Gasteiger partial charge in [-0.25, -0.2) is 0 Å². The summed E-state index contributed by atoms with van der Waals surface area (Å²) < 4.78 is 21.6. The lowest BCUT2D eigenvalue weighted by atomic mass is 10.1. The smallest absolute Gasteiger partial charge is 0.231 e. The van der Waals surface area contributed by atoms with Gasteiger partial charge in [0, 0.05) is 11.1 Å². The molecule has 0 saturated heterocycles. The van der Waals surface area contributed by atoms with E-state index in [0.717, 1.165) is 0 Å². The van der Waals surface area contributed by atoms with Gasteiger partial charge in [-0.2, -0.15) is 0 Å². The molecule has 6 heteroatoms. The van der Waals surface area contributed by atoms with E-state index >= 15 is 0 Å². The summed E-state index contributed by atoms with van der Waals surface area (Å²) in [5.41, 5.74) is 1.07. The molecule has 0 aliphatic rings. The van der Waals surface area contributed by atoms with Crippen LogP contribution in [0.25, 0.3) is 0 Å². The van der Waals surface area contributed by atoms with Gasteiger partial charge in [0.15, 0.2) is 34.6 Å². The first kappa shape index (κ1) is 18.3. The van der Waals surface area contributed by atoms with Crippen LogP contribution in [-0.4, -0.2) is 32.6 Å². The molecule has 6 nitrogen and oxygen atoms in total. The first-order valence-electron chi connectivity index (χ1n) is 7.59. The summed E-state index contributed by atoms with van der Waals surface area (Å²) in [5.74, 6) is 1.66. The molecule has 0 spiro atoms. The molecule has 0 heterocycles. The normalized spacial score (nSPS) is 10.1. The molecule has 0 fully saturated rings. The van der Waals surface area contributed by atoms with Gasteiger partial charge in [0.1, 0.15) is 0 Å². The number of Topliss-reactive ketones (excluding diaryl/α,β-unsaturated/α-hetero) is 2. The van der Waals surface area contributed by atoms with E-state index in [1.54, 1.807) is 36.4 Å². The summed E-state index contributed by atoms with van der Waals surface area (Å²) >= 11 is 0. The first-order valence-corrected chi connectivity index (χ1v) is 7.59. The standard InChI is InChI=1S/C19H20O6/c1-12(20)14-5-7-16(18(9-14)22-3)24-11-25-17-8-6-15(13(2)21)10-19(17)23-4/h5-10H,11H2,1-4H3. The van der Waals surface area contributed by atoms with E-state index in [1.807, 2.05) is 0 Å². The van der Waals surface area contributed by atoms with Gasteiger partial charge < -0.3 is 18.9 Å². The molecule has 2 rings (SSSR count). The number of ether oxygens (including phenoxy) is 4. The summed E-state index contributed by atoms with van der Waals surface area (Å²) in [7, 11) is 2.99. The van der Waals surface area contributed by atoms with Crippen LogP contribution in [0.1, 0.15) is 34.6 Å². The maximum absolute atomic E-state index is 11.4. The lowest BCUT2D eigenvalue weighted by Gasteiger charge is -2.14. The number of carbonyl (C=O) groups excluding carboxylic acids is 2. The Balaban J connectivity index is 2.08. The SMILES string of the molecule is COc1cc(C(C)=O)ccc1OCOc1ccc(C(C)=O)cc1OC. The monoisotopic (exact) mass is 344 g/mol. The number of carbonyl (C=O) groups is 2. The highest BCUT2D eigenvalue weighted by molar-refractivity contribution is 5.95. The van der Waals surface area contributed by atoms with E-state index in [1.165, 1.54) is 28.1 Å². The molecule has 2 aromatic carbocycles. The number of hydrogen-bond donors (Lipinski definition) is 0. The molecular formula is C19H20O6. The molecule has 0 amide bonds. The zero-order valence-corrected chi connectivity index (χ0v) is 14.6. The topological polar surface area (TPSA) is 71.1 Å². The van der Waals surface area contributed by atoms with Crippen molar-refractivity contribution in [3.63, 3.8) is 0 Å². The second kappa shape index (κ2) is 8.19. The maximum Gasteiger partial charge on any atom is 0.231 e. The summed E-state index contributed by atoms with van der Waals surface area (Å²) in [5, 5.41) is 0. The molecule has 0 aliphatic heterocycles. The largest absolute Gasteiger partial charge is 0.493 e. The van der Waals surface area contributed by atoms with Crippen LogP contribution in [0.4, 0.5) is 0 Å². The summed E-state index contributed by atoms with van der Waals surface area (Å²) in [4.78, 5) is 22.8. The summed E-state index contributed by atoms with van der Waals surface area (Å²) in [6.45, 7) is 2.87. The van der Waals surface area contributed by atoms with Crippen LogP contribution in [0.2, 0.25) is 0 Å². The van der Waals surface area contributed by atoms with Gasteiger partial charge in [-0.05, 0) is 50.2 Å². The minimum absolute atomic E-state index is 0.0589. The highest BCUT2D eigenvalue weighted by atomic mass is 16.7. The Morgan fingerprint density at radius 2 is 1.12 bits per heavy atom. The zero-order valence-electron chi connectivity index (χ0n) is 14.6. The fourth-order valence-electron chi connectivity index (χ4n) is 2.17. The number of methoxy groups -OCH3 is 2. The van der Waals surface area contributed by atoms with Crippen molar-refractivity contribution in [3.05, 3.63) is 47.5 Å². The minimum Gasteiger partial charge on any atom is -0.493 e. The van der Waals surface area contributed by atoms with Crippen LogP contribution in [0.5, 0.6) is 23.0 Å². The lowest BCUT2D eigenvalue weighted by molar-refractivity contribution is 0.100. The van der Waals surface area contributed by atoms with Gasteiger partial charge >= 0.3 is 0 Å². The van der Waals surface area contributed by atoms with Gasteiger partial charge in [0.05, 0.1) is 14.2 Å². The van der Waals surface area contributed by atoms with Crippen molar-refractivity contribution in [2.24, 2.45) is 0 Å². The maximum atomic E-state index is 11.4. The number of rotatable bonds is 8. The molecule has 0 atom stereocenters. The molecule has 2 aromatic rings. The van der Waals surface area contributed by atoms with Crippen LogP contribution >= 0.6 is 0 Å². The van der Waals surface area contributed by atoms with Crippen molar-refractivity contribution < 1.29 is 28.5 Å². The van der Waals surface area contributed by atoms with Crippen LogP contribution in [0.15, 0.2) is 36.4 Å². The highest BCUT2D eigenvalue weighted by Crippen LogP contribution is 2.30. The van der Waals surface area contributed by atoms with E-state index in [9.17, 15) is 9.59 Å². The number of hydrogen-bond acceptors (Lipinski definition) is 6. The Morgan fingerprint density at radius 3 is 1.44 bits per heavy atom. The third kappa shape index (κ3) is 4.50. The highest BCUT2D eigenvalue weighted by Gasteiger charge is 2.11. The van der Waals surface area contributed by atoms with E-state index in [0.29, 0.717) is 34.1 Å². The van der Waals surface area contributed by atoms with Crippen molar-refractivity contribution >= 4 is 11.6 Å². The van der Waals surface area contributed by atoms with Crippen molar-refractivity contribution in [1.29, 1.82) is 0 Å². The third-order valence-electron chi connectivity index (χ3n) is 3.57. The molecule has 132 valence electrons. The van der Waals surface area contributed by atoms with Gasteiger partial charge in [0.2, 0.25) is 6.79 Å². The minimum atomic E-state index is -0.0917. The Hall–Kier alpha value is -3.02.